The second-order valence-electron chi connectivity index (χ2n) is 3.35. The zero-order valence-electron chi connectivity index (χ0n) is 9.38. The molecular weight excluding hydrogens is 204 g/mol. The first-order valence-corrected chi connectivity index (χ1v) is 5.25. The van der Waals surface area contributed by atoms with Gasteiger partial charge in [-0.15, -0.1) is 10.2 Å². The number of hydrogen-bond acceptors (Lipinski definition) is 4. The van der Waals surface area contributed by atoms with Gasteiger partial charge in [-0.1, -0.05) is 6.92 Å². The summed E-state index contributed by atoms with van der Waals surface area (Å²) in [7, 11) is 0. The lowest BCUT2D eigenvalue weighted by Crippen LogP contribution is -2.17. The lowest BCUT2D eigenvalue weighted by Gasteiger charge is -2.04. The monoisotopic (exact) mass is 218 g/mol. The third-order valence-electron chi connectivity index (χ3n) is 2.27. The van der Waals surface area contributed by atoms with Crippen molar-refractivity contribution in [2.24, 2.45) is 10.7 Å². The van der Waals surface area contributed by atoms with Crippen molar-refractivity contribution < 1.29 is 0 Å². The lowest BCUT2D eigenvalue weighted by atomic mass is 10.3. The summed E-state index contributed by atoms with van der Waals surface area (Å²) in [5, 5.41) is 7.85. The molecule has 6 heteroatoms. The maximum absolute atomic E-state index is 5.82. The molecule has 0 radical (unpaired) electrons. The fourth-order valence-corrected chi connectivity index (χ4v) is 1.51. The number of rotatable bonds is 3. The molecule has 2 aromatic heterocycles. The largest absolute Gasteiger partial charge is 0.382 e. The van der Waals surface area contributed by atoms with Crippen LogP contribution in [0.25, 0.3) is 5.65 Å². The van der Waals surface area contributed by atoms with Gasteiger partial charge in [0.2, 0.25) is 0 Å². The van der Waals surface area contributed by atoms with Gasteiger partial charge in [-0.05, 0) is 13.3 Å². The molecule has 0 aliphatic heterocycles. The number of aromatic nitrogens is 4. The molecule has 0 aliphatic carbocycles. The molecule has 0 amide bonds. The van der Waals surface area contributed by atoms with Gasteiger partial charge in [-0.2, -0.15) is 0 Å². The van der Waals surface area contributed by atoms with E-state index in [0.29, 0.717) is 18.1 Å². The molecule has 0 bridgehead atoms. The van der Waals surface area contributed by atoms with Gasteiger partial charge >= 0.3 is 0 Å². The van der Waals surface area contributed by atoms with Gasteiger partial charge in [0.1, 0.15) is 17.9 Å². The van der Waals surface area contributed by atoms with Crippen molar-refractivity contribution >= 4 is 11.5 Å². The van der Waals surface area contributed by atoms with Gasteiger partial charge in [0.25, 0.3) is 0 Å². The molecule has 2 aromatic rings. The molecule has 16 heavy (non-hydrogen) atoms. The third kappa shape index (κ3) is 1.73. The molecule has 0 saturated carbocycles. The minimum absolute atomic E-state index is 0.452. The summed E-state index contributed by atoms with van der Waals surface area (Å²) in [6, 6.07) is 0. The zero-order valence-corrected chi connectivity index (χ0v) is 9.38. The van der Waals surface area contributed by atoms with Gasteiger partial charge in [0.15, 0.2) is 5.65 Å². The van der Waals surface area contributed by atoms with Crippen LogP contribution in [0.15, 0.2) is 17.5 Å². The number of hydrogen-bond donors (Lipinski definition) is 1. The number of aryl methyl sites for hydroxylation is 1. The fraction of sp³-hybridized carbons (Fsp3) is 0.400. The van der Waals surface area contributed by atoms with Crippen molar-refractivity contribution in [2.45, 2.75) is 20.3 Å². The molecule has 0 fully saturated rings. The predicted molar refractivity (Wildman–Crippen MR) is 61.4 cm³/mol. The van der Waals surface area contributed by atoms with E-state index in [4.69, 9.17) is 5.73 Å². The minimum Gasteiger partial charge on any atom is -0.382 e. The van der Waals surface area contributed by atoms with Crippen LogP contribution >= 0.6 is 0 Å². The van der Waals surface area contributed by atoms with Crippen LogP contribution in [0.5, 0.6) is 0 Å². The van der Waals surface area contributed by atoms with E-state index in [2.05, 4.69) is 20.2 Å². The normalized spacial score (nSPS) is 12.2. The van der Waals surface area contributed by atoms with Crippen molar-refractivity contribution in [3.8, 4) is 0 Å². The van der Waals surface area contributed by atoms with E-state index in [1.165, 1.54) is 0 Å². The van der Waals surface area contributed by atoms with E-state index in [9.17, 15) is 0 Å². The Labute approximate surface area is 93.2 Å². The highest BCUT2D eigenvalue weighted by molar-refractivity contribution is 5.95. The Balaban J connectivity index is 2.59. The second kappa shape index (κ2) is 4.26. The molecule has 0 spiro atoms. The Kier molecular flexibility index (Phi) is 2.80. The minimum atomic E-state index is 0.452. The summed E-state index contributed by atoms with van der Waals surface area (Å²) in [6.07, 6.45) is 4.22. The molecule has 2 N–H and O–H groups in total. The first kappa shape index (κ1) is 10.5. The third-order valence-corrected chi connectivity index (χ3v) is 2.27. The van der Waals surface area contributed by atoms with Crippen LogP contribution in [0.4, 0.5) is 0 Å². The Hall–Kier alpha value is -1.98. The van der Waals surface area contributed by atoms with Crippen LogP contribution in [0.2, 0.25) is 0 Å². The summed E-state index contributed by atoms with van der Waals surface area (Å²) >= 11 is 0. The molecule has 0 atom stereocenters. The quantitative estimate of drug-likeness (QED) is 0.597. The molecule has 6 nitrogen and oxygen atoms in total. The molecular formula is C10H14N6. The van der Waals surface area contributed by atoms with Crippen molar-refractivity contribution in [3.05, 3.63) is 23.9 Å². The van der Waals surface area contributed by atoms with E-state index >= 15 is 0 Å². The van der Waals surface area contributed by atoms with Gasteiger partial charge in [-0.25, -0.2) is 4.98 Å². The molecule has 0 aromatic carbocycles. The highest BCUT2D eigenvalue weighted by Crippen LogP contribution is 2.07. The van der Waals surface area contributed by atoms with Gasteiger partial charge < -0.3 is 5.73 Å². The molecule has 2 heterocycles. The highest BCUT2D eigenvalue weighted by Gasteiger charge is 2.08. The average molecular weight is 218 g/mol. The molecule has 0 saturated heterocycles. The van der Waals surface area contributed by atoms with Crippen molar-refractivity contribution in [1.82, 2.24) is 19.6 Å². The van der Waals surface area contributed by atoms with Crippen LogP contribution in [-0.4, -0.2) is 32.0 Å². The molecule has 84 valence electrons. The number of fused-ring (bicyclic) bond motifs is 1. The second-order valence-corrected chi connectivity index (χ2v) is 3.35. The number of nitrogens with two attached hydrogens (primary N) is 1. The number of aliphatic imine (C=N–C) groups is 1. The van der Waals surface area contributed by atoms with Crippen LogP contribution in [0.3, 0.4) is 0 Å². The van der Waals surface area contributed by atoms with E-state index < -0.39 is 0 Å². The van der Waals surface area contributed by atoms with Gasteiger partial charge in [0.05, 0.1) is 5.69 Å². The van der Waals surface area contributed by atoms with Crippen LogP contribution in [-0.2, 0) is 6.42 Å². The van der Waals surface area contributed by atoms with Crippen molar-refractivity contribution in [3.63, 3.8) is 0 Å². The van der Waals surface area contributed by atoms with E-state index in [-0.39, 0.29) is 0 Å². The lowest BCUT2D eigenvalue weighted by molar-refractivity contribution is 0.978. The number of amidine groups is 1. The topological polar surface area (TPSA) is 81.5 Å². The summed E-state index contributed by atoms with van der Waals surface area (Å²) in [5.41, 5.74) is 8.15. The molecule has 0 unspecified atom stereocenters. The maximum Gasteiger partial charge on any atom is 0.182 e. The fourth-order valence-electron chi connectivity index (χ4n) is 1.51. The molecule has 2 rings (SSSR count). The first-order valence-electron chi connectivity index (χ1n) is 5.25. The smallest absolute Gasteiger partial charge is 0.182 e. The van der Waals surface area contributed by atoms with E-state index in [0.717, 1.165) is 17.8 Å². The summed E-state index contributed by atoms with van der Waals surface area (Å²) in [5.74, 6) is 0.452. The van der Waals surface area contributed by atoms with Crippen LogP contribution < -0.4 is 5.73 Å². The average Bonchev–Trinajstić information content (AvgIpc) is 2.75. The van der Waals surface area contributed by atoms with E-state index in [1.54, 1.807) is 12.5 Å². The van der Waals surface area contributed by atoms with Gasteiger partial charge in [-0.3, -0.25) is 9.39 Å². The highest BCUT2D eigenvalue weighted by atomic mass is 15.2. The standard InChI is InChI=1S/C10H14N6/c1-3-7-10-15-13-6-16(10)5-8(14-7)9(11)12-4-2/h5-6H,3-4H2,1-2H3,(H2,11,12). The summed E-state index contributed by atoms with van der Waals surface area (Å²) < 4.78 is 1.82. The van der Waals surface area contributed by atoms with Crippen molar-refractivity contribution in [2.75, 3.05) is 6.54 Å². The Morgan fingerprint density at radius 3 is 3.00 bits per heavy atom. The Morgan fingerprint density at radius 1 is 1.50 bits per heavy atom. The zero-order chi connectivity index (χ0) is 11.5. The summed E-state index contributed by atoms with van der Waals surface area (Å²) in [4.78, 5) is 8.57. The van der Waals surface area contributed by atoms with E-state index in [1.807, 2.05) is 18.2 Å². The van der Waals surface area contributed by atoms with Gasteiger partial charge in [0, 0.05) is 12.7 Å². The Morgan fingerprint density at radius 2 is 2.31 bits per heavy atom. The Bertz CT molecular complexity index is 527. The van der Waals surface area contributed by atoms with Crippen LogP contribution in [0, 0.1) is 0 Å². The summed E-state index contributed by atoms with van der Waals surface area (Å²) in [6.45, 7) is 4.61. The predicted octanol–water partition coefficient (Wildman–Crippen LogP) is 0.412. The maximum atomic E-state index is 5.82. The van der Waals surface area contributed by atoms with Crippen LogP contribution in [0.1, 0.15) is 25.2 Å². The first-order chi connectivity index (χ1) is 7.76. The molecule has 0 aliphatic rings. The number of nitrogens with zero attached hydrogens (tertiary/aromatic N) is 5. The van der Waals surface area contributed by atoms with Crippen molar-refractivity contribution in [1.29, 1.82) is 0 Å². The SMILES string of the molecule is CCN=C(N)c1cn2cnnc2c(CC)n1.